The zero-order valence-electron chi connectivity index (χ0n) is 5.03. The van der Waals surface area contributed by atoms with Gasteiger partial charge in [-0.15, -0.1) is 0 Å². The highest BCUT2D eigenvalue weighted by Crippen LogP contribution is 2.40. The van der Waals surface area contributed by atoms with Gasteiger partial charge in [0.05, 0.1) is 0 Å². The summed E-state index contributed by atoms with van der Waals surface area (Å²) in [5, 5.41) is 3.35. The Bertz CT molecular complexity index is 62.5. The van der Waals surface area contributed by atoms with Crippen molar-refractivity contribution in [2.75, 3.05) is 30.7 Å². The molecule has 1 nitrogen and oxygen atoms in total. The third-order valence-corrected chi connectivity index (χ3v) is 3.62. The Morgan fingerprint density at radius 2 is 2.14 bits per heavy atom. The van der Waals surface area contributed by atoms with Gasteiger partial charge in [0.15, 0.2) is 0 Å². The zero-order valence-corrected chi connectivity index (χ0v) is 5.85. The van der Waals surface area contributed by atoms with E-state index in [4.69, 9.17) is 0 Å². The lowest BCUT2D eigenvalue weighted by Crippen LogP contribution is -2.06. The van der Waals surface area contributed by atoms with Crippen LogP contribution in [-0.2, 0) is 0 Å². The first kappa shape index (κ1) is 5.45. The molecule has 1 heterocycles. The van der Waals surface area contributed by atoms with Crippen molar-refractivity contribution in [1.82, 2.24) is 5.32 Å². The van der Waals surface area contributed by atoms with Crippen LogP contribution in [0.1, 0.15) is 0 Å². The summed E-state index contributed by atoms with van der Waals surface area (Å²) in [5.41, 5.74) is 0. The molecule has 0 amide bonds. The molecule has 0 aromatic carbocycles. The fourth-order valence-electron chi connectivity index (χ4n) is 0.769. The Hall–Kier alpha value is 0.310. The molecule has 0 atom stereocenters. The highest BCUT2D eigenvalue weighted by atomic mass is 32.3. The maximum Gasteiger partial charge on any atom is 0.0258 e. The van der Waals surface area contributed by atoms with Gasteiger partial charge in [-0.3, -0.25) is 0 Å². The molecule has 0 aliphatic carbocycles. The van der Waals surface area contributed by atoms with E-state index in [9.17, 15) is 0 Å². The summed E-state index contributed by atoms with van der Waals surface area (Å²) in [4.78, 5) is 0. The van der Waals surface area contributed by atoms with Crippen LogP contribution in [0.15, 0.2) is 0 Å². The van der Waals surface area contributed by atoms with Crippen molar-refractivity contribution < 1.29 is 0 Å². The molecule has 1 aliphatic rings. The van der Waals surface area contributed by atoms with Crippen LogP contribution in [0, 0.1) is 0 Å². The zero-order chi connectivity index (χ0) is 5.33. The Balaban J connectivity index is 2.40. The van der Waals surface area contributed by atoms with E-state index in [0.29, 0.717) is 0 Å². The molecule has 0 unspecified atom stereocenters. The van der Waals surface area contributed by atoms with Crippen LogP contribution in [0.5, 0.6) is 0 Å². The molecule has 0 spiro atoms. The first-order valence-electron chi connectivity index (χ1n) is 2.60. The summed E-state index contributed by atoms with van der Waals surface area (Å²) in [5.74, 6) is 2.71. The largest absolute Gasteiger partial charge is 0.308 e. The first-order chi connectivity index (χ1) is 3.21. The van der Waals surface area contributed by atoms with Crippen molar-refractivity contribution >= 4 is 10.0 Å². The second-order valence-corrected chi connectivity index (χ2v) is 6.85. The van der Waals surface area contributed by atoms with Crippen LogP contribution in [0.4, 0.5) is 0 Å². The molecule has 0 saturated carbocycles. The van der Waals surface area contributed by atoms with Gasteiger partial charge >= 0.3 is 0 Å². The number of hydrogen-bond donors (Lipinski definition) is 1. The molecule has 1 rings (SSSR count). The maximum atomic E-state index is 3.35. The number of hydrogen-bond acceptors (Lipinski definition) is 1. The van der Waals surface area contributed by atoms with E-state index >= 15 is 0 Å². The SMILES string of the molecule is CS1(C)CCNC1. The van der Waals surface area contributed by atoms with Crippen LogP contribution < -0.4 is 5.32 Å². The topological polar surface area (TPSA) is 12.0 Å². The Morgan fingerprint density at radius 1 is 1.43 bits per heavy atom. The number of nitrogens with one attached hydrogen (secondary N) is 1. The van der Waals surface area contributed by atoms with Crippen molar-refractivity contribution in [1.29, 1.82) is 0 Å². The van der Waals surface area contributed by atoms with Crippen molar-refractivity contribution in [2.24, 2.45) is 0 Å². The molecule has 0 radical (unpaired) electrons. The van der Waals surface area contributed by atoms with E-state index in [0.717, 1.165) is 0 Å². The predicted molar refractivity (Wildman–Crippen MR) is 37.2 cm³/mol. The lowest BCUT2D eigenvalue weighted by atomic mass is 10.8. The third kappa shape index (κ3) is 1.35. The molecule has 1 N–H and O–H groups in total. The third-order valence-electron chi connectivity index (χ3n) is 1.32. The molecule has 7 heavy (non-hydrogen) atoms. The minimum Gasteiger partial charge on any atom is -0.308 e. The minimum atomic E-state index is -0.157. The van der Waals surface area contributed by atoms with Crippen LogP contribution in [0.25, 0.3) is 0 Å². The lowest BCUT2D eigenvalue weighted by molar-refractivity contribution is 0.885. The van der Waals surface area contributed by atoms with E-state index in [-0.39, 0.29) is 10.0 Å². The molecule has 1 aliphatic heterocycles. The fraction of sp³-hybridized carbons (Fsp3) is 1.00. The molecular weight excluding hydrogens is 106 g/mol. The van der Waals surface area contributed by atoms with Gasteiger partial charge in [-0.25, -0.2) is 10.0 Å². The minimum absolute atomic E-state index is 0.157. The van der Waals surface area contributed by atoms with Crippen molar-refractivity contribution in [3.05, 3.63) is 0 Å². The molecule has 0 aromatic heterocycles. The highest BCUT2D eigenvalue weighted by molar-refractivity contribution is 8.32. The van der Waals surface area contributed by atoms with Gasteiger partial charge < -0.3 is 5.32 Å². The predicted octanol–water partition coefficient (Wildman–Crippen LogP) is 0.611. The summed E-state index contributed by atoms with van der Waals surface area (Å²) >= 11 is 0. The quantitative estimate of drug-likeness (QED) is 0.492. The normalized spacial score (nSPS) is 32.9. The fourth-order valence-corrected chi connectivity index (χ4v) is 2.31. The maximum absolute atomic E-state index is 3.35. The van der Waals surface area contributed by atoms with Gasteiger partial charge in [-0.05, 0) is 18.3 Å². The van der Waals surface area contributed by atoms with Crippen LogP contribution in [0.2, 0.25) is 0 Å². The average Bonchev–Trinajstić information content (AvgIpc) is 1.84. The van der Waals surface area contributed by atoms with E-state index in [1.165, 1.54) is 18.2 Å². The Labute approximate surface area is 46.8 Å². The van der Waals surface area contributed by atoms with E-state index in [2.05, 4.69) is 17.8 Å². The van der Waals surface area contributed by atoms with Crippen molar-refractivity contribution in [3.8, 4) is 0 Å². The molecule has 44 valence electrons. The van der Waals surface area contributed by atoms with Crippen molar-refractivity contribution in [2.45, 2.75) is 0 Å². The van der Waals surface area contributed by atoms with E-state index in [1.807, 2.05) is 0 Å². The van der Waals surface area contributed by atoms with Crippen LogP contribution >= 0.6 is 10.0 Å². The molecule has 2 heteroatoms. The van der Waals surface area contributed by atoms with E-state index in [1.54, 1.807) is 0 Å². The summed E-state index contributed by atoms with van der Waals surface area (Å²) in [7, 11) is -0.157. The molecule has 1 fully saturated rings. The molecule has 0 bridgehead atoms. The highest BCUT2D eigenvalue weighted by Gasteiger charge is 2.15. The summed E-state index contributed by atoms with van der Waals surface area (Å²) < 4.78 is 0. The monoisotopic (exact) mass is 119 g/mol. The first-order valence-corrected chi connectivity index (χ1v) is 5.39. The van der Waals surface area contributed by atoms with Crippen LogP contribution in [0.3, 0.4) is 0 Å². The van der Waals surface area contributed by atoms with Gasteiger partial charge in [0.2, 0.25) is 0 Å². The van der Waals surface area contributed by atoms with Gasteiger partial charge in [-0.1, -0.05) is 0 Å². The Morgan fingerprint density at radius 3 is 2.29 bits per heavy atom. The van der Waals surface area contributed by atoms with Gasteiger partial charge in [0, 0.05) is 12.4 Å². The van der Waals surface area contributed by atoms with Crippen molar-refractivity contribution in [3.63, 3.8) is 0 Å². The number of rotatable bonds is 0. The molecular formula is C5H13NS. The average molecular weight is 119 g/mol. The standard InChI is InChI=1S/C5H13NS/c1-7(2)4-3-6-5-7/h6H,3-5H2,1-2H3. The molecule has 0 aromatic rings. The van der Waals surface area contributed by atoms with Gasteiger partial charge in [0.25, 0.3) is 0 Å². The van der Waals surface area contributed by atoms with E-state index < -0.39 is 0 Å². The molecule has 1 saturated heterocycles. The summed E-state index contributed by atoms with van der Waals surface area (Å²) in [6.07, 6.45) is 4.76. The van der Waals surface area contributed by atoms with Gasteiger partial charge in [-0.2, -0.15) is 0 Å². The second kappa shape index (κ2) is 1.67. The summed E-state index contributed by atoms with van der Waals surface area (Å²) in [6, 6.07) is 0. The van der Waals surface area contributed by atoms with Crippen LogP contribution in [-0.4, -0.2) is 30.7 Å². The lowest BCUT2D eigenvalue weighted by Gasteiger charge is -2.21. The second-order valence-electron chi connectivity index (χ2n) is 2.62. The Kier molecular flexibility index (Phi) is 1.30. The van der Waals surface area contributed by atoms with Gasteiger partial charge in [0.1, 0.15) is 0 Å². The summed E-state index contributed by atoms with van der Waals surface area (Å²) in [6.45, 7) is 1.25. The smallest absolute Gasteiger partial charge is 0.0258 e.